The molecule has 1 fully saturated rings. The molecule has 0 aliphatic heterocycles. The molecule has 1 saturated carbocycles. The van der Waals surface area contributed by atoms with Crippen LogP contribution in [0.5, 0.6) is 5.75 Å². The Kier molecular flexibility index (Phi) is 11.2. The van der Waals surface area contributed by atoms with Gasteiger partial charge in [0.2, 0.25) is 11.8 Å². The molecule has 48 heavy (non-hydrogen) atoms. The predicted molar refractivity (Wildman–Crippen MR) is 190 cm³/mol. The maximum Gasteiger partial charge on any atom is 0.264 e. The Morgan fingerprint density at radius 2 is 1.50 bits per heavy atom. The lowest BCUT2D eigenvalue weighted by atomic mass is 10.0. The van der Waals surface area contributed by atoms with Gasteiger partial charge in [0.1, 0.15) is 18.3 Å². The average molecular weight is 668 g/mol. The smallest absolute Gasteiger partial charge is 0.264 e. The zero-order chi connectivity index (χ0) is 34.3. The topological polar surface area (TPSA) is 96.0 Å². The molecule has 2 amide bonds. The number of nitrogens with one attached hydrogen (secondary N) is 1. The first-order valence-electron chi connectivity index (χ1n) is 16.5. The second-order valence-corrected chi connectivity index (χ2v) is 14.5. The van der Waals surface area contributed by atoms with Gasteiger partial charge in [0.15, 0.2) is 0 Å². The number of nitrogens with zero attached hydrogens (tertiary/aromatic N) is 2. The lowest BCUT2D eigenvalue weighted by molar-refractivity contribution is -0.140. The van der Waals surface area contributed by atoms with Gasteiger partial charge in [0.05, 0.1) is 17.7 Å². The highest BCUT2D eigenvalue weighted by Crippen LogP contribution is 2.29. The molecule has 1 N–H and O–H groups in total. The SMILES string of the molecule is COc1cccc(CN(C(=O)CN(c2ccc(C)cc2C)S(=O)(=O)c2ccc(C)cc2)[C@H](Cc2ccccc2)C(=O)NC2CCCC2)c1. The number of ether oxygens (including phenoxy) is 1. The van der Waals surface area contributed by atoms with Crippen molar-refractivity contribution in [3.05, 3.63) is 125 Å². The van der Waals surface area contributed by atoms with Crippen molar-refractivity contribution in [1.29, 1.82) is 0 Å². The van der Waals surface area contributed by atoms with Crippen molar-refractivity contribution in [1.82, 2.24) is 10.2 Å². The van der Waals surface area contributed by atoms with E-state index in [1.54, 1.807) is 37.4 Å². The fourth-order valence-corrected chi connectivity index (χ4v) is 7.80. The van der Waals surface area contributed by atoms with E-state index in [-0.39, 0.29) is 29.8 Å². The number of carbonyl (C=O) groups is 2. The molecule has 0 unspecified atom stereocenters. The van der Waals surface area contributed by atoms with Crippen LogP contribution < -0.4 is 14.4 Å². The lowest BCUT2D eigenvalue weighted by Crippen LogP contribution is -2.54. The Morgan fingerprint density at radius 1 is 0.833 bits per heavy atom. The molecule has 5 rings (SSSR count). The van der Waals surface area contributed by atoms with Crippen molar-refractivity contribution in [3.8, 4) is 5.75 Å². The van der Waals surface area contributed by atoms with E-state index in [0.717, 1.165) is 53.5 Å². The van der Waals surface area contributed by atoms with E-state index in [2.05, 4.69) is 5.32 Å². The van der Waals surface area contributed by atoms with Crippen LogP contribution in [-0.4, -0.2) is 50.9 Å². The van der Waals surface area contributed by atoms with Gasteiger partial charge in [-0.3, -0.25) is 13.9 Å². The van der Waals surface area contributed by atoms with E-state index in [1.807, 2.05) is 87.5 Å². The first-order chi connectivity index (χ1) is 23.0. The van der Waals surface area contributed by atoms with Crippen LogP contribution in [0.15, 0.2) is 102 Å². The van der Waals surface area contributed by atoms with Gasteiger partial charge in [-0.15, -0.1) is 0 Å². The fraction of sp³-hybridized carbons (Fsp3) is 0.333. The van der Waals surface area contributed by atoms with Crippen molar-refractivity contribution in [2.24, 2.45) is 0 Å². The van der Waals surface area contributed by atoms with E-state index in [9.17, 15) is 18.0 Å². The molecule has 4 aromatic rings. The third kappa shape index (κ3) is 8.44. The summed E-state index contributed by atoms with van der Waals surface area (Å²) in [5, 5.41) is 3.22. The molecule has 0 bridgehead atoms. The van der Waals surface area contributed by atoms with Crippen molar-refractivity contribution in [3.63, 3.8) is 0 Å². The summed E-state index contributed by atoms with van der Waals surface area (Å²) in [5.41, 5.74) is 4.68. The van der Waals surface area contributed by atoms with Crippen molar-refractivity contribution in [2.45, 2.75) is 76.4 Å². The summed E-state index contributed by atoms with van der Waals surface area (Å²) in [5.74, 6) is -0.119. The molecule has 8 nitrogen and oxygen atoms in total. The molecule has 0 saturated heterocycles. The molecular weight excluding hydrogens is 623 g/mol. The maximum absolute atomic E-state index is 14.8. The van der Waals surface area contributed by atoms with Gasteiger partial charge in [-0.1, -0.05) is 90.7 Å². The van der Waals surface area contributed by atoms with Crippen molar-refractivity contribution < 1.29 is 22.7 Å². The van der Waals surface area contributed by atoms with Gasteiger partial charge in [0, 0.05) is 19.0 Å². The zero-order valence-electron chi connectivity index (χ0n) is 28.2. The predicted octanol–water partition coefficient (Wildman–Crippen LogP) is 6.51. The molecule has 0 radical (unpaired) electrons. The van der Waals surface area contributed by atoms with E-state index < -0.39 is 28.5 Å². The number of carbonyl (C=O) groups excluding carboxylic acids is 2. The third-order valence-corrected chi connectivity index (χ3v) is 10.7. The van der Waals surface area contributed by atoms with Gasteiger partial charge in [-0.05, 0) is 80.6 Å². The molecular formula is C39H45N3O5S. The molecule has 0 aromatic heterocycles. The number of amides is 2. The third-order valence-electron chi connectivity index (χ3n) is 8.97. The van der Waals surface area contributed by atoms with E-state index >= 15 is 0 Å². The fourth-order valence-electron chi connectivity index (χ4n) is 6.33. The first-order valence-corrected chi connectivity index (χ1v) is 17.9. The minimum atomic E-state index is -4.18. The van der Waals surface area contributed by atoms with Gasteiger partial charge in [0.25, 0.3) is 10.0 Å². The van der Waals surface area contributed by atoms with Crippen LogP contribution in [0.3, 0.4) is 0 Å². The highest BCUT2D eigenvalue weighted by atomic mass is 32.2. The molecule has 252 valence electrons. The first kappa shape index (κ1) is 34.7. The van der Waals surface area contributed by atoms with Crippen LogP contribution in [0.2, 0.25) is 0 Å². The average Bonchev–Trinajstić information content (AvgIpc) is 3.59. The van der Waals surface area contributed by atoms with E-state index in [1.165, 1.54) is 9.21 Å². The summed E-state index contributed by atoms with van der Waals surface area (Å²) in [7, 11) is -2.60. The Labute approximate surface area is 284 Å². The molecule has 1 aliphatic rings. The monoisotopic (exact) mass is 667 g/mol. The molecule has 9 heteroatoms. The summed E-state index contributed by atoms with van der Waals surface area (Å²) >= 11 is 0. The molecule has 1 aliphatic carbocycles. The Balaban J connectivity index is 1.59. The maximum atomic E-state index is 14.8. The minimum absolute atomic E-state index is 0.0400. The van der Waals surface area contributed by atoms with Crippen LogP contribution in [0.4, 0.5) is 5.69 Å². The normalized spacial score (nSPS) is 13.9. The minimum Gasteiger partial charge on any atom is -0.497 e. The van der Waals surface area contributed by atoms with Gasteiger partial charge < -0.3 is 15.0 Å². The number of hydrogen-bond acceptors (Lipinski definition) is 5. The summed E-state index contributed by atoms with van der Waals surface area (Å²) in [6, 6.07) is 28.2. The van der Waals surface area contributed by atoms with Crippen LogP contribution in [0, 0.1) is 20.8 Å². The van der Waals surface area contributed by atoms with Crippen LogP contribution >= 0.6 is 0 Å². The largest absolute Gasteiger partial charge is 0.497 e. The molecule has 0 spiro atoms. The lowest BCUT2D eigenvalue weighted by Gasteiger charge is -2.34. The number of benzene rings is 4. The number of hydrogen-bond donors (Lipinski definition) is 1. The van der Waals surface area contributed by atoms with E-state index in [4.69, 9.17) is 4.74 Å². The second kappa shape index (κ2) is 15.5. The number of aryl methyl sites for hydroxylation is 3. The standard InChI is InChI=1S/C39H45N3O5S/c1-28-17-20-35(21-18-28)48(45,46)42(36-22-19-29(2)23-30(36)3)27-38(43)41(26-32-13-10-16-34(24-32)47-4)37(25-31-11-6-5-7-12-31)39(44)40-33-14-8-9-15-33/h5-7,10-13,16-24,33,37H,8-9,14-15,25-27H2,1-4H3,(H,40,44)/t37-/m1/s1. The van der Waals surface area contributed by atoms with Crippen molar-refractivity contribution >= 4 is 27.5 Å². The number of sulfonamides is 1. The number of rotatable bonds is 13. The molecule has 1 atom stereocenters. The van der Waals surface area contributed by atoms with Gasteiger partial charge in [-0.2, -0.15) is 0 Å². The Bertz CT molecular complexity index is 1820. The summed E-state index contributed by atoms with van der Waals surface area (Å²) < 4.78 is 35.4. The van der Waals surface area contributed by atoms with Crippen LogP contribution in [0.1, 0.15) is 53.5 Å². The van der Waals surface area contributed by atoms with Crippen LogP contribution in [0.25, 0.3) is 0 Å². The summed E-state index contributed by atoms with van der Waals surface area (Å²) in [6.07, 6.45) is 4.14. The van der Waals surface area contributed by atoms with Gasteiger partial charge in [-0.25, -0.2) is 8.42 Å². The quantitative estimate of drug-likeness (QED) is 0.175. The zero-order valence-corrected chi connectivity index (χ0v) is 29.0. The Morgan fingerprint density at radius 3 is 2.17 bits per heavy atom. The Hall–Kier alpha value is -4.63. The van der Waals surface area contributed by atoms with Crippen molar-refractivity contribution in [2.75, 3.05) is 18.0 Å². The van der Waals surface area contributed by atoms with Gasteiger partial charge >= 0.3 is 0 Å². The molecule has 4 aromatic carbocycles. The molecule has 0 heterocycles. The van der Waals surface area contributed by atoms with E-state index in [0.29, 0.717) is 11.4 Å². The van der Waals surface area contributed by atoms with Crippen LogP contribution in [-0.2, 0) is 32.6 Å². The highest BCUT2D eigenvalue weighted by Gasteiger charge is 2.36. The highest BCUT2D eigenvalue weighted by molar-refractivity contribution is 7.92. The number of methoxy groups -OCH3 is 1. The number of anilines is 1. The summed E-state index contributed by atoms with van der Waals surface area (Å²) in [6.45, 7) is 5.25. The second-order valence-electron chi connectivity index (χ2n) is 12.7. The summed E-state index contributed by atoms with van der Waals surface area (Å²) in [4.78, 5) is 30.6.